The zero-order valence-electron chi connectivity index (χ0n) is 10.5. The maximum absolute atomic E-state index is 11.5. The maximum atomic E-state index is 11.5. The molecule has 0 aliphatic heterocycles. The molecule has 0 saturated carbocycles. The monoisotopic (exact) mass is 307 g/mol. The molecule has 0 unspecified atom stereocenters. The van der Waals surface area contributed by atoms with E-state index in [1.165, 1.54) is 18.2 Å². The van der Waals surface area contributed by atoms with Gasteiger partial charge < -0.3 is 4.74 Å². The topological polar surface area (TPSA) is 67.2 Å². The van der Waals surface area contributed by atoms with E-state index in [2.05, 4.69) is 0 Å². The third-order valence-corrected chi connectivity index (χ3v) is 3.87. The third kappa shape index (κ3) is 3.29. The van der Waals surface area contributed by atoms with E-state index in [0.717, 1.165) is 6.26 Å². The lowest BCUT2D eigenvalue weighted by Crippen LogP contribution is -1.97. The predicted octanol–water partition coefficient (Wildman–Crippen LogP) is 3.41. The summed E-state index contributed by atoms with van der Waals surface area (Å²) in [5, 5.41) is 9.45. The lowest BCUT2D eigenvalue weighted by molar-refractivity contribution is 0.479. The Morgan fingerprint density at radius 3 is 2.60 bits per heavy atom. The maximum Gasteiger partial charge on any atom is 0.175 e. The van der Waals surface area contributed by atoms with Crippen molar-refractivity contribution in [3.8, 4) is 17.6 Å². The Morgan fingerprint density at radius 2 is 1.95 bits per heavy atom. The summed E-state index contributed by atoms with van der Waals surface area (Å²) in [4.78, 5) is 0.155. The molecular weight excluding hydrogens is 298 g/mol. The van der Waals surface area contributed by atoms with Crippen LogP contribution in [0.15, 0.2) is 47.4 Å². The first-order valence-corrected chi connectivity index (χ1v) is 7.85. The zero-order valence-corrected chi connectivity index (χ0v) is 12.1. The first-order valence-electron chi connectivity index (χ1n) is 5.58. The zero-order chi connectivity index (χ0) is 14.8. The lowest BCUT2D eigenvalue weighted by Gasteiger charge is -2.08. The van der Waals surface area contributed by atoms with Crippen molar-refractivity contribution in [1.82, 2.24) is 0 Å². The van der Waals surface area contributed by atoms with Crippen LogP contribution in [-0.2, 0) is 9.84 Å². The highest BCUT2D eigenvalue weighted by Crippen LogP contribution is 2.28. The van der Waals surface area contributed by atoms with Crippen LogP contribution in [0.5, 0.6) is 11.5 Å². The van der Waals surface area contributed by atoms with Gasteiger partial charge in [0.1, 0.15) is 17.6 Å². The molecule has 0 amide bonds. The Hall–Kier alpha value is -2.03. The first-order chi connectivity index (χ1) is 9.40. The summed E-state index contributed by atoms with van der Waals surface area (Å²) in [5.41, 5.74) is 0.280. The number of ether oxygens (including phenoxy) is 1. The number of rotatable bonds is 3. The molecule has 2 aromatic carbocycles. The molecule has 0 aliphatic carbocycles. The molecule has 0 aromatic heterocycles. The Bertz CT molecular complexity index is 794. The third-order valence-electron chi connectivity index (χ3n) is 2.52. The molecule has 2 aromatic rings. The van der Waals surface area contributed by atoms with Crippen LogP contribution in [0, 0.1) is 11.3 Å². The molecule has 4 nitrogen and oxygen atoms in total. The molecule has 6 heteroatoms. The molecule has 0 aliphatic rings. The number of nitriles is 1. The van der Waals surface area contributed by atoms with Crippen molar-refractivity contribution in [2.45, 2.75) is 4.90 Å². The van der Waals surface area contributed by atoms with Gasteiger partial charge in [-0.2, -0.15) is 5.26 Å². The molecule has 0 N–H and O–H groups in total. The van der Waals surface area contributed by atoms with Crippen LogP contribution in [0.25, 0.3) is 0 Å². The SMILES string of the molecule is CS(=O)(=O)c1cccc(Oc2ccc(Cl)cc2C#N)c1. The highest BCUT2D eigenvalue weighted by Gasteiger charge is 2.10. The molecule has 102 valence electrons. The van der Waals surface area contributed by atoms with E-state index in [1.54, 1.807) is 24.3 Å². The van der Waals surface area contributed by atoms with E-state index in [1.807, 2.05) is 6.07 Å². The van der Waals surface area contributed by atoms with Crippen LogP contribution in [0.4, 0.5) is 0 Å². The Kier molecular flexibility index (Phi) is 3.98. The van der Waals surface area contributed by atoms with E-state index < -0.39 is 9.84 Å². The quantitative estimate of drug-likeness (QED) is 0.871. The van der Waals surface area contributed by atoms with E-state index in [9.17, 15) is 8.42 Å². The number of nitrogens with zero attached hydrogens (tertiary/aromatic N) is 1. The molecule has 2 rings (SSSR count). The summed E-state index contributed by atoms with van der Waals surface area (Å²) in [6.45, 7) is 0. The summed E-state index contributed by atoms with van der Waals surface area (Å²) in [6, 6.07) is 12.7. The van der Waals surface area contributed by atoms with Gasteiger partial charge in [0.2, 0.25) is 0 Å². The fourth-order valence-corrected chi connectivity index (χ4v) is 2.40. The van der Waals surface area contributed by atoms with Gasteiger partial charge in [0.05, 0.1) is 10.5 Å². The molecule has 0 atom stereocenters. The van der Waals surface area contributed by atoms with Crippen molar-refractivity contribution in [3.63, 3.8) is 0 Å². The average Bonchev–Trinajstić information content (AvgIpc) is 2.40. The van der Waals surface area contributed by atoms with E-state index in [4.69, 9.17) is 21.6 Å². The number of benzene rings is 2. The summed E-state index contributed by atoms with van der Waals surface area (Å²) in [6.07, 6.45) is 1.12. The Morgan fingerprint density at radius 1 is 1.20 bits per heavy atom. The summed E-state index contributed by atoms with van der Waals surface area (Å²) >= 11 is 5.80. The van der Waals surface area contributed by atoms with Crippen LogP contribution in [-0.4, -0.2) is 14.7 Å². The van der Waals surface area contributed by atoms with Gasteiger partial charge in [-0.05, 0) is 36.4 Å². The second-order valence-corrected chi connectivity index (χ2v) is 6.55. The fourth-order valence-electron chi connectivity index (χ4n) is 1.57. The van der Waals surface area contributed by atoms with Crippen LogP contribution in [0.1, 0.15) is 5.56 Å². The number of sulfone groups is 1. The summed E-state index contributed by atoms with van der Waals surface area (Å²) in [5.74, 6) is 0.661. The highest BCUT2D eigenvalue weighted by atomic mass is 35.5. The fraction of sp³-hybridized carbons (Fsp3) is 0.0714. The molecule has 0 heterocycles. The Labute approximate surface area is 122 Å². The average molecular weight is 308 g/mol. The van der Waals surface area contributed by atoms with Crippen LogP contribution in [0.2, 0.25) is 5.02 Å². The van der Waals surface area contributed by atoms with Gasteiger partial charge in [-0.1, -0.05) is 17.7 Å². The largest absolute Gasteiger partial charge is 0.456 e. The Balaban J connectivity index is 2.39. The van der Waals surface area contributed by atoms with Crippen molar-refractivity contribution in [1.29, 1.82) is 5.26 Å². The van der Waals surface area contributed by atoms with Gasteiger partial charge in [-0.25, -0.2) is 8.42 Å². The molecule has 0 radical (unpaired) electrons. The van der Waals surface area contributed by atoms with Crippen molar-refractivity contribution in [3.05, 3.63) is 53.1 Å². The summed E-state index contributed by atoms with van der Waals surface area (Å²) < 4.78 is 28.5. The normalized spacial score (nSPS) is 10.8. The van der Waals surface area contributed by atoms with Gasteiger partial charge >= 0.3 is 0 Å². The van der Waals surface area contributed by atoms with Gasteiger partial charge in [-0.3, -0.25) is 0 Å². The highest BCUT2D eigenvalue weighted by molar-refractivity contribution is 7.90. The standard InChI is InChI=1S/C14H10ClNO3S/c1-20(17,18)13-4-2-3-12(8-13)19-14-6-5-11(15)7-10(14)9-16/h2-8H,1H3. The molecule has 0 fully saturated rings. The van der Waals surface area contributed by atoms with Crippen LogP contribution < -0.4 is 4.74 Å². The van der Waals surface area contributed by atoms with Crippen molar-refractivity contribution < 1.29 is 13.2 Å². The molecule has 0 saturated heterocycles. The molecule has 0 spiro atoms. The van der Waals surface area contributed by atoms with Gasteiger partial charge in [-0.15, -0.1) is 0 Å². The van der Waals surface area contributed by atoms with Crippen LogP contribution >= 0.6 is 11.6 Å². The van der Waals surface area contributed by atoms with E-state index >= 15 is 0 Å². The minimum Gasteiger partial charge on any atom is -0.456 e. The van der Waals surface area contributed by atoms with Gasteiger partial charge in [0.15, 0.2) is 9.84 Å². The number of hydrogen-bond donors (Lipinski definition) is 0. The van der Waals surface area contributed by atoms with Gasteiger partial charge in [0, 0.05) is 11.3 Å². The molecule has 20 heavy (non-hydrogen) atoms. The second kappa shape index (κ2) is 5.53. The van der Waals surface area contributed by atoms with E-state index in [0.29, 0.717) is 16.5 Å². The lowest BCUT2D eigenvalue weighted by atomic mass is 10.2. The van der Waals surface area contributed by atoms with Crippen molar-refractivity contribution in [2.24, 2.45) is 0 Å². The van der Waals surface area contributed by atoms with Gasteiger partial charge in [0.25, 0.3) is 0 Å². The number of hydrogen-bond acceptors (Lipinski definition) is 4. The van der Waals surface area contributed by atoms with Crippen molar-refractivity contribution >= 4 is 21.4 Å². The first kappa shape index (κ1) is 14.4. The second-order valence-electron chi connectivity index (χ2n) is 4.10. The summed E-state index contributed by atoms with van der Waals surface area (Å²) in [7, 11) is -3.31. The van der Waals surface area contributed by atoms with E-state index in [-0.39, 0.29) is 10.5 Å². The molecular formula is C14H10ClNO3S. The van der Waals surface area contributed by atoms with Crippen molar-refractivity contribution in [2.75, 3.05) is 6.26 Å². The number of halogens is 1. The van der Waals surface area contributed by atoms with Crippen LogP contribution in [0.3, 0.4) is 0 Å². The minimum atomic E-state index is -3.31. The minimum absolute atomic E-state index is 0.155. The molecule has 0 bridgehead atoms. The predicted molar refractivity (Wildman–Crippen MR) is 75.8 cm³/mol. The smallest absolute Gasteiger partial charge is 0.175 e.